The average molecular weight is 264 g/mol. The lowest BCUT2D eigenvalue weighted by Crippen LogP contribution is -2.38. The number of hydrogen-bond acceptors (Lipinski definition) is 5. The smallest absolute Gasteiger partial charge is 0.159 e. The highest BCUT2D eigenvalue weighted by Gasteiger charge is 2.22. The van der Waals surface area contributed by atoms with Gasteiger partial charge in [-0.3, -0.25) is 0 Å². The Kier molecular flexibility index (Phi) is 5.90. The standard InChI is InChI=1S/C10H19NO5S/c1-2-15-7-8-16-10-5-3-9(4-6-10)11-17(12,13)14/h2,9-11H,1,3-8H2,(H,12,13,14)/p-1. The topological polar surface area (TPSA) is 87.7 Å². The van der Waals surface area contributed by atoms with Crippen LogP contribution in [0.2, 0.25) is 0 Å². The van der Waals surface area contributed by atoms with Crippen LogP contribution in [0.25, 0.3) is 0 Å². The zero-order chi connectivity index (χ0) is 12.7. The molecule has 0 aromatic heterocycles. The van der Waals surface area contributed by atoms with Gasteiger partial charge in [-0.05, 0) is 25.7 Å². The number of hydrogen-bond donors (Lipinski definition) is 1. The number of nitrogens with one attached hydrogen (secondary N) is 1. The second-order valence-electron chi connectivity index (χ2n) is 3.95. The average Bonchev–Trinajstić information content (AvgIpc) is 2.25. The Morgan fingerprint density at radius 2 is 1.94 bits per heavy atom. The molecule has 1 rings (SSSR count). The lowest BCUT2D eigenvalue weighted by atomic mass is 9.94. The Morgan fingerprint density at radius 1 is 1.29 bits per heavy atom. The van der Waals surface area contributed by atoms with Crippen LogP contribution >= 0.6 is 0 Å². The number of rotatable bonds is 7. The summed E-state index contributed by atoms with van der Waals surface area (Å²) in [4.78, 5) is 0. The van der Waals surface area contributed by atoms with E-state index in [4.69, 9.17) is 9.47 Å². The molecule has 7 heteroatoms. The van der Waals surface area contributed by atoms with Crippen LogP contribution in [0.15, 0.2) is 12.8 Å². The first-order valence-electron chi connectivity index (χ1n) is 5.58. The third kappa shape index (κ3) is 6.62. The normalized spacial score (nSPS) is 25.5. The Morgan fingerprint density at radius 3 is 2.47 bits per heavy atom. The molecular formula is C10H18NO5S-. The summed E-state index contributed by atoms with van der Waals surface area (Å²) in [7, 11) is -4.34. The third-order valence-corrected chi connectivity index (χ3v) is 3.28. The van der Waals surface area contributed by atoms with Gasteiger partial charge >= 0.3 is 0 Å². The lowest BCUT2D eigenvalue weighted by molar-refractivity contribution is 0.00271. The zero-order valence-corrected chi connectivity index (χ0v) is 10.4. The summed E-state index contributed by atoms with van der Waals surface area (Å²) in [6, 6.07) is -0.248. The first-order valence-corrected chi connectivity index (χ1v) is 6.99. The molecule has 0 atom stereocenters. The van der Waals surface area contributed by atoms with Crippen molar-refractivity contribution in [3.63, 3.8) is 0 Å². The monoisotopic (exact) mass is 264 g/mol. The van der Waals surface area contributed by atoms with Crippen LogP contribution in [-0.2, 0) is 19.8 Å². The molecule has 17 heavy (non-hydrogen) atoms. The van der Waals surface area contributed by atoms with Crippen LogP contribution in [0.1, 0.15) is 25.7 Å². The summed E-state index contributed by atoms with van der Waals surface area (Å²) in [6.07, 6.45) is 4.25. The fourth-order valence-electron chi connectivity index (χ4n) is 1.90. The predicted octanol–water partition coefficient (Wildman–Crippen LogP) is 0.524. The minimum Gasteiger partial charge on any atom is -0.735 e. The van der Waals surface area contributed by atoms with E-state index in [2.05, 4.69) is 11.3 Å². The van der Waals surface area contributed by atoms with Gasteiger partial charge in [0.05, 0.1) is 19.0 Å². The maximum atomic E-state index is 10.5. The molecule has 0 aromatic rings. The van der Waals surface area contributed by atoms with E-state index in [1.807, 2.05) is 0 Å². The van der Waals surface area contributed by atoms with E-state index in [9.17, 15) is 13.0 Å². The second kappa shape index (κ2) is 6.95. The third-order valence-electron chi connectivity index (χ3n) is 2.66. The molecule has 0 radical (unpaired) electrons. The maximum absolute atomic E-state index is 10.5. The number of ether oxygens (including phenoxy) is 2. The SMILES string of the molecule is C=COCCOC1CCC(NS(=O)(=O)[O-])CC1. The first-order chi connectivity index (χ1) is 8.01. The molecule has 1 N–H and O–H groups in total. The molecule has 0 spiro atoms. The largest absolute Gasteiger partial charge is 0.735 e. The Labute approximate surface area is 102 Å². The highest BCUT2D eigenvalue weighted by Crippen LogP contribution is 2.21. The van der Waals surface area contributed by atoms with E-state index in [-0.39, 0.29) is 12.1 Å². The van der Waals surface area contributed by atoms with Gasteiger partial charge < -0.3 is 14.0 Å². The molecule has 1 aliphatic carbocycles. The molecule has 1 fully saturated rings. The molecule has 0 unspecified atom stereocenters. The fourth-order valence-corrected chi connectivity index (χ4v) is 2.54. The molecule has 0 saturated heterocycles. The van der Waals surface area contributed by atoms with E-state index in [1.165, 1.54) is 6.26 Å². The fraction of sp³-hybridized carbons (Fsp3) is 0.800. The summed E-state index contributed by atoms with van der Waals surface area (Å²) < 4.78 is 44.0. The summed E-state index contributed by atoms with van der Waals surface area (Å²) in [5, 5.41) is 0. The minimum atomic E-state index is -4.34. The molecule has 0 aromatic carbocycles. The summed E-state index contributed by atoms with van der Waals surface area (Å²) >= 11 is 0. The predicted molar refractivity (Wildman–Crippen MR) is 61.0 cm³/mol. The van der Waals surface area contributed by atoms with Gasteiger partial charge in [0.1, 0.15) is 6.61 Å². The van der Waals surface area contributed by atoms with E-state index in [1.54, 1.807) is 0 Å². The maximum Gasteiger partial charge on any atom is 0.159 e. The quantitative estimate of drug-likeness (QED) is 0.411. The van der Waals surface area contributed by atoms with Crippen molar-refractivity contribution in [3.8, 4) is 0 Å². The van der Waals surface area contributed by atoms with Gasteiger partial charge in [0.25, 0.3) is 0 Å². The summed E-state index contributed by atoms with van der Waals surface area (Å²) in [5.41, 5.74) is 0. The molecule has 6 nitrogen and oxygen atoms in total. The van der Waals surface area contributed by atoms with Crippen molar-refractivity contribution in [1.29, 1.82) is 0 Å². The Balaban J connectivity index is 2.15. The second-order valence-corrected chi connectivity index (χ2v) is 5.10. The van der Waals surface area contributed by atoms with E-state index in [0.717, 1.165) is 12.8 Å². The van der Waals surface area contributed by atoms with Crippen LogP contribution in [0, 0.1) is 0 Å². The van der Waals surface area contributed by atoms with Crippen molar-refractivity contribution in [2.75, 3.05) is 13.2 Å². The minimum absolute atomic E-state index is 0.121. The van der Waals surface area contributed by atoms with Crippen molar-refractivity contribution in [2.45, 2.75) is 37.8 Å². The van der Waals surface area contributed by atoms with Crippen molar-refractivity contribution < 1.29 is 22.4 Å². The van der Waals surface area contributed by atoms with E-state index < -0.39 is 10.3 Å². The summed E-state index contributed by atoms with van der Waals surface area (Å²) in [5.74, 6) is 0. The van der Waals surface area contributed by atoms with Crippen LogP contribution < -0.4 is 4.72 Å². The van der Waals surface area contributed by atoms with Gasteiger partial charge in [-0.1, -0.05) is 6.58 Å². The first kappa shape index (κ1) is 14.4. The van der Waals surface area contributed by atoms with Crippen LogP contribution in [0.3, 0.4) is 0 Å². The molecule has 0 aliphatic heterocycles. The molecule has 0 amide bonds. The highest BCUT2D eigenvalue weighted by atomic mass is 32.2. The molecule has 1 aliphatic rings. The zero-order valence-electron chi connectivity index (χ0n) is 9.63. The van der Waals surface area contributed by atoms with E-state index >= 15 is 0 Å². The molecule has 1 saturated carbocycles. The van der Waals surface area contributed by atoms with Gasteiger partial charge in [0, 0.05) is 6.04 Å². The van der Waals surface area contributed by atoms with Crippen LogP contribution in [0.5, 0.6) is 0 Å². The van der Waals surface area contributed by atoms with Gasteiger partial charge in [0.2, 0.25) is 0 Å². The van der Waals surface area contributed by atoms with Gasteiger partial charge in [-0.2, -0.15) is 0 Å². The van der Waals surface area contributed by atoms with Gasteiger partial charge in [-0.15, -0.1) is 0 Å². The van der Waals surface area contributed by atoms with Crippen molar-refractivity contribution in [3.05, 3.63) is 12.8 Å². The van der Waals surface area contributed by atoms with Crippen LogP contribution in [0.4, 0.5) is 0 Å². The molecule has 0 bridgehead atoms. The Bertz CT molecular complexity index is 322. The van der Waals surface area contributed by atoms with Crippen molar-refractivity contribution in [1.82, 2.24) is 4.72 Å². The van der Waals surface area contributed by atoms with Crippen molar-refractivity contribution >= 4 is 10.3 Å². The molecule has 0 heterocycles. The van der Waals surface area contributed by atoms with E-state index in [0.29, 0.717) is 26.1 Å². The van der Waals surface area contributed by atoms with Crippen LogP contribution in [-0.4, -0.2) is 38.3 Å². The molecule has 100 valence electrons. The lowest BCUT2D eigenvalue weighted by Gasteiger charge is -2.29. The molecular weight excluding hydrogens is 246 g/mol. The highest BCUT2D eigenvalue weighted by molar-refractivity contribution is 7.83. The van der Waals surface area contributed by atoms with Gasteiger partial charge in [-0.25, -0.2) is 13.1 Å². The Hall–Kier alpha value is -0.630. The summed E-state index contributed by atoms with van der Waals surface area (Å²) in [6.45, 7) is 4.38. The van der Waals surface area contributed by atoms with Gasteiger partial charge in [0.15, 0.2) is 10.3 Å². The van der Waals surface area contributed by atoms with Crippen molar-refractivity contribution in [2.24, 2.45) is 0 Å².